The number of nitrogens with one attached hydrogen (secondary N) is 1. The Morgan fingerprint density at radius 2 is 2.00 bits per heavy atom. The lowest BCUT2D eigenvalue weighted by Crippen LogP contribution is -2.12. The van der Waals surface area contributed by atoms with Crippen LogP contribution < -0.4 is 10.1 Å². The van der Waals surface area contributed by atoms with Crippen molar-refractivity contribution >= 4 is 28.9 Å². The molecule has 2 aromatic carbocycles. The normalized spacial score (nSPS) is 10.4. The van der Waals surface area contributed by atoms with E-state index in [4.69, 9.17) is 11.6 Å². The number of halogens is 3. The van der Waals surface area contributed by atoms with E-state index in [2.05, 4.69) is 10.1 Å². The average molecular weight is 343 g/mol. The molecule has 0 aliphatic heterocycles. The topological polar surface area (TPSA) is 81.5 Å². The van der Waals surface area contributed by atoms with E-state index < -0.39 is 17.4 Å². The number of carbonyl (C=O) groups excluding carboxylic acids is 1. The van der Waals surface area contributed by atoms with Gasteiger partial charge in [0.15, 0.2) is 0 Å². The Bertz CT molecular complexity index is 755. The van der Waals surface area contributed by atoms with Crippen LogP contribution in [0.3, 0.4) is 0 Å². The summed E-state index contributed by atoms with van der Waals surface area (Å²) in [5, 5.41) is 13.1. The van der Waals surface area contributed by atoms with Crippen molar-refractivity contribution < 1.29 is 23.2 Å². The minimum Gasteiger partial charge on any atom is -0.435 e. The van der Waals surface area contributed by atoms with Gasteiger partial charge in [-0.15, -0.1) is 0 Å². The maximum Gasteiger partial charge on any atom is 0.387 e. The molecule has 0 atom stereocenters. The Morgan fingerprint density at radius 1 is 1.26 bits per heavy atom. The molecular weight excluding hydrogens is 334 g/mol. The van der Waals surface area contributed by atoms with Crippen LogP contribution in [0.1, 0.15) is 10.4 Å². The van der Waals surface area contributed by atoms with E-state index in [-0.39, 0.29) is 27.7 Å². The van der Waals surface area contributed by atoms with Gasteiger partial charge in [-0.25, -0.2) is 0 Å². The van der Waals surface area contributed by atoms with Gasteiger partial charge in [0, 0.05) is 17.3 Å². The predicted molar refractivity (Wildman–Crippen MR) is 79.1 cm³/mol. The van der Waals surface area contributed by atoms with Crippen LogP contribution in [-0.2, 0) is 0 Å². The number of nitro groups is 1. The number of benzene rings is 2. The molecule has 0 aliphatic carbocycles. The Labute approximate surface area is 133 Å². The number of hydrogen-bond donors (Lipinski definition) is 1. The maximum absolute atomic E-state index is 12.2. The molecule has 0 heterocycles. The van der Waals surface area contributed by atoms with Gasteiger partial charge in [-0.2, -0.15) is 8.78 Å². The summed E-state index contributed by atoms with van der Waals surface area (Å²) in [6.07, 6.45) is 0. The van der Waals surface area contributed by atoms with Crippen molar-refractivity contribution in [3.63, 3.8) is 0 Å². The van der Waals surface area contributed by atoms with E-state index in [9.17, 15) is 23.7 Å². The van der Waals surface area contributed by atoms with Crippen molar-refractivity contribution in [3.05, 3.63) is 63.2 Å². The van der Waals surface area contributed by atoms with E-state index in [1.54, 1.807) is 0 Å². The molecule has 0 bridgehead atoms. The first kappa shape index (κ1) is 16.6. The summed E-state index contributed by atoms with van der Waals surface area (Å²) in [5.74, 6) is -0.809. The fourth-order valence-electron chi connectivity index (χ4n) is 1.75. The molecular formula is C14H9ClF2N2O4. The van der Waals surface area contributed by atoms with Gasteiger partial charge in [0.25, 0.3) is 11.6 Å². The summed E-state index contributed by atoms with van der Waals surface area (Å²) in [4.78, 5) is 22.2. The van der Waals surface area contributed by atoms with Gasteiger partial charge in [-0.05, 0) is 30.3 Å². The van der Waals surface area contributed by atoms with Gasteiger partial charge < -0.3 is 10.1 Å². The fourth-order valence-corrected chi connectivity index (χ4v) is 1.93. The average Bonchev–Trinajstić information content (AvgIpc) is 2.48. The summed E-state index contributed by atoms with van der Waals surface area (Å²) >= 11 is 5.67. The number of ether oxygens (including phenoxy) is 1. The molecule has 0 unspecified atom stereocenters. The molecule has 1 amide bonds. The van der Waals surface area contributed by atoms with E-state index in [0.717, 1.165) is 12.1 Å². The summed E-state index contributed by atoms with van der Waals surface area (Å²) in [7, 11) is 0. The summed E-state index contributed by atoms with van der Waals surface area (Å²) < 4.78 is 28.5. The zero-order valence-corrected chi connectivity index (χ0v) is 12.1. The second-order valence-electron chi connectivity index (χ2n) is 4.28. The molecule has 2 rings (SSSR count). The van der Waals surface area contributed by atoms with Gasteiger partial charge in [-0.1, -0.05) is 17.7 Å². The van der Waals surface area contributed by atoms with Crippen molar-refractivity contribution in [3.8, 4) is 5.75 Å². The minimum atomic E-state index is -3.01. The molecule has 2 aromatic rings. The first-order valence-corrected chi connectivity index (χ1v) is 6.55. The van der Waals surface area contributed by atoms with Crippen LogP contribution in [0.25, 0.3) is 0 Å². The second-order valence-corrected chi connectivity index (χ2v) is 4.69. The van der Waals surface area contributed by atoms with Gasteiger partial charge in [0.05, 0.1) is 4.92 Å². The van der Waals surface area contributed by atoms with E-state index in [1.807, 2.05) is 0 Å². The maximum atomic E-state index is 12.2. The Kier molecular flexibility index (Phi) is 5.07. The number of nitrogens with zero attached hydrogens (tertiary/aromatic N) is 1. The second kappa shape index (κ2) is 7.01. The van der Waals surface area contributed by atoms with Crippen LogP contribution in [-0.4, -0.2) is 17.4 Å². The highest BCUT2D eigenvalue weighted by atomic mass is 35.5. The van der Waals surface area contributed by atoms with Crippen molar-refractivity contribution in [2.75, 3.05) is 5.32 Å². The number of anilines is 1. The predicted octanol–water partition coefficient (Wildman–Crippen LogP) is 4.10. The van der Waals surface area contributed by atoms with E-state index in [1.165, 1.54) is 30.3 Å². The number of rotatable bonds is 5. The minimum absolute atomic E-state index is 0.0563. The highest BCUT2D eigenvalue weighted by Gasteiger charge is 2.15. The van der Waals surface area contributed by atoms with Crippen LogP contribution >= 0.6 is 11.6 Å². The molecule has 120 valence electrons. The fraction of sp³-hybridized carbons (Fsp3) is 0.0714. The molecule has 6 nitrogen and oxygen atoms in total. The zero-order valence-electron chi connectivity index (χ0n) is 11.3. The van der Waals surface area contributed by atoms with E-state index in [0.29, 0.717) is 0 Å². The van der Waals surface area contributed by atoms with Crippen LogP contribution in [0.15, 0.2) is 42.5 Å². The van der Waals surface area contributed by atoms with Gasteiger partial charge >= 0.3 is 6.61 Å². The lowest BCUT2D eigenvalue weighted by atomic mass is 10.2. The lowest BCUT2D eigenvalue weighted by molar-refractivity contribution is -0.384. The molecule has 0 radical (unpaired) electrons. The van der Waals surface area contributed by atoms with Gasteiger partial charge in [0.2, 0.25) is 0 Å². The summed E-state index contributed by atoms with van der Waals surface area (Å²) in [6, 6.07) is 8.91. The number of alkyl halides is 2. The first-order chi connectivity index (χ1) is 10.9. The zero-order chi connectivity index (χ0) is 17.0. The van der Waals surface area contributed by atoms with Crippen molar-refractivity contribution in [2.45, 2.75) is 6.61 Å². The molecule has 0 aliphatic rings. The molecule has 0 saturated carbocycles. The van der Waals surface area contributed by atoms with Gasteiger partial charge in [-0.3, -0.25) is 14.9 Å². The number of carbonyl (C=O) groups is 1. The molecule has 0 saturated heterocycles. The molecule has 0 spiro atoms. The van der Waals surface area contributed by atoms with Crippen molar-refractivity contribution in [2.24, 2.45) is 0 Å². The molecule has 0 aromatic heterocycles. The van der Waals surface area contributed by atoms with Gasteiger partial charge in [0.1, 0.15) is 10.8 Å². The molecule has 0 fully saturated rings. The van der Waals surface area contributed by atoms with Crippen LogP contribution in [0, 0.1) is 10.1 Å². The lowest BCUT2D eigenvalue weighted by Gasteiger charge is -2.08. The highest BCUT2D eigenvalue weighted by molar-refractivity contribution is 6.32. The number of amides is 1. The monoisotopic (exact) mass is 342 g/mol. The number of nitro benzene ring substituents is 1. The third-order valence-electron chi connectivity index (χ3n) is 2.72. The third kappa shape index (κ3) is 4.36. The Morgan fingerprint density at radius 3 is 2.65 bits per heavy atom. The van der Waals surface area contributed by atoms with E-state index >= 15 is 0 Å². The van der Waals surface area contributed by atoms with Crippen LogP contribution in [0.2, 0.25) is 5.02 Å². The smallest absolute Gasteiger partial charge is 0.387 e. The SMILES string of the molecule is O=C(Nc1ccc(Cl)c([N+](=O)[O-])c1)c1cccc(OC(F)F)c1. The quantitative estimate of drug-likeness (QED) is 0.655. The number of hydrogen-bond acceptors (Lipinski definition) is 4. The Balaban J connectivity index is 2.19. The van der Waals surface area contributed by atoms with Crippen LogP contribution in [0.4, 0.5) is 20.2 Å². The van der Waals surface area contributed by atoms with Crippen LogP contribution in [0.5, 0.6) is 5.75 Å². The van der Waals surface area contributed by atoms with Crippen molar-refractivity contribution in [1.29, 1.82) is 0 Å². The highest BCUT2D eigenvalue weighted by Crippen LogP contribution is 2.27. The standard InChI is InChI=1S/C14H9ClF2N2O4/c15-11-5-4-9(7-12(11)19(21)22)18-13(20)8-2-1-3-10(6-8)23-14(16)17/h1-7,14H,(H,18,20). The first-order valence-electron chi connectivity index (χ1n) is 6.17. The summed E-state index contributed by atoms with van der Waals surface area (Å²) in [5.41, 5.74) is -0.161. The molecule has 23 heavy (non-hydrogen) atoms. The van der Waals surface area contributed by atoms with Crippen molar-refractivity contribution in [1.82, 2.24) is 0 Å². The molecule has 1 N–H and O–H groups in total. The summed E-state index contributed by atoms with van der Waals surface area (Å²) in [6.45, 7) is -3.01. The third-order valence-corrected chi connectivity index (χ3v) is 3.04. The Hall–Kier alpha value is -2.74. The largest absolute Gasteiger partial charge is 0.435 e. The molecule has 9 heteroatoms.